The Kier molecular flexibility index (Phi) is 4.01. The van der Waals surface area contributed by atoms with Crippen LogP contribution in [0, 0.1) is 6.92 Å². The molecule has 96 valence electrons. The SMILES string of the molecule is CCn1nc(C)cc1Cn1ncc(Br)c(Br)c1=O. The summed E-state index contributed by atoms with van der Waals surface area (Å²) >= 11 is 6.50. The molecule has 0 aromatic carbocycles. The fraction of sp³-hybridized carbons (Fsp3) is 0.364. The second-order valence-electron chi connectivity index (χ2n) is 3.86. The summed E-state index contributed by atoms with van der Waals surface area (Å²) in [4.78, 5) is 12.0. The second kappa shape index (κ2) is 5.36. The lowest BCUT2D eigenvalue weighted by Crippen LogP contribution is -2.25. The van der Waals surface area contributed by atoms with Gasteiger partial charge < -0.3 is 0 Å². The van der Waals surface area contributed by atoms with E-state index < -0.39 is 0 Å². The number of halogens is 2. The Hall–Kier alpha value is -0.950. The van der Waals surface area contributed by atoms with Crippen LogP contribution in [0.5, 0.6) is 0 Å². The van der Waals surface area contributed by atoms with Crippen molar-refractivity contribution >= 4 is 31.9 Å². The minimum atomic E-state index is -0.161. The molecule has 0 saturated heterocycles. The molecular formula is C11H12Br2N4O. The van der Waals surface area contributed by atoms with Crippen LogP contribution in [0.3, 0.4) is 0 Å². The Labute approximate surface area is 121 Å². The molecule has 0 aliphatic heterocycles. The van der Waals surface area contributed by atoms with Crippen molar-refractivity contribution in [2.45, 2.75) is 26.9 Å². The zero-order valence-corrected chi connectivity index (χ0v) is 13.2. The summed E-state index contributed by atoms with van der Waals surface area (Å²) in [5, 5.41) is 8.45. The van der Waals surface area contributed by atoms with Crippen molar-refractivity contribution in [3.63, 3.8) is 0 Å². The topological polar surface area (TPSA) is 52.7 Å². The molecule has 0 N–H and O–H groups in total. The molecule has 0 aliphatic carbocycles. The fourth-order valence-corrected chi connectivity index (χ4v) is 2.28. The highest BCUT2D eigenvalue weighted by atomic mass is 79.9. The first-order valence-corrected chi connectivity index (χ1v) is 7.06. The summed E-state index contributed by atoms with van der Waals surface area (Å²) in [6, 6.07) is 1.97. The summed E-state index contributed by atoms with van der Waals surface area (Å²) in [5.41, 5.74) is 1.75. The Morgan fingerprint density at radius 2 is 2.06 bits per heavy atom. The molecule has 2 rings (SSSR count). The van der Waals surface area contributed by atoms with Crippen LogP contribution in [0.25, 0.3) is 0 Å². The largest absolute Gasteiger partial charge is 0.282 e. The molecular weight excluding hydrogens is 364 g/mol. The van der Waals surface area contributed by atoms with Crippen LogP contribution in [0.15, 0.2) is 26.0 Å². The van der Waals surface area contributed by atoms with E-state index in [1.54, 1.807) is 6.20 Å². The molecule has 2 heterocycles. The summed E-state index contributed by atoms with van der Waals surface area (Å²) in [5.74, 6) is 0. The van der Waals surface area contributed by atoms with Gasteiger partial charge in [-0.15, -0.1) is 0 Å². The predicted molar refractivity (Wildman–Crippen MR) is 75.6 cm³/mol. The highest BCUT2D eigenvalue weighted by Crippen LogP contribution is 2.16. The van der Waals surface area contributed by atoms with Gasteiger partial charge in [-0.05, 0) is 51.8 Å². The monoisotopic (exact) mass is 374 g/mol. The quantitative estimate of drug-likeness (QED) is 0.827. The van der Waals surface area contributed by atoms with Crippen LogP contribution >= 0.6 is 31.9 Å². The van der Waals surface area contributed by atoms with Crippen molar-refractivity contribution < 1.29 is 0 Å². The van der Waals surface area contributed by atoms with E-state index in [0.29, 0.717) is 15.5 Å². The number of hydrogen-bond donors (Lipinski definition) is 0. The van der Waals surface area contributed by atoms with Gasteiger partial charge in [-0.1, -0.05) is 0 Å². The Morgan fingerprint density at radius 3 is 2.72 bits per heavy atom. The lowest BCUT2D eigenvalue weighted by Gasteiger charge is -2.07. The van der Waals surface area contributed by atoms with E-state index in [0.717, 1.165) is 17.9 Å². The highest BCUT2D eigenvalue weighted by molar-refractivity contribution is 9.13. The molecule has 0 spiro atoms. The van der Waals surface area contributed by atoms with Gasteiger partial charge >= 0.3 is 0 Å². The highest BCUT2D eigenvalue weighted by Gasteiger charge is 2.10. The van der Waals surface area contributed by atoms with E-state index in [9.17, 15) is 4.79 Å². The van der Waals surface area contributed by atoms with Crippen LogP contribution in [0.2, 0.25) is 0 Å². The van der Waals surface area contributed by atoms with Gasteiger partial charge in [0.15, 0.2) is 0 Å². The molecule has 0 atom stereocenters. The van der Waals surface area contributed by atoms with Gasteiger partial charge in [0.1, 0.15) is 4.47 Å². The third-order valence-electron chi connectivity index (χ3n) is 2.54. The van der Waals surface area contributed by atoms with Crippen LogP contribution in [0.1, 0.15) is 18.3 Å². The summed E-state index contributed by atoms with van der Waals surface area (Å²) in [7, 11) is 0. The summed E-state index contributed by atoms with van der Waals surface area (Å²) < 4.78 is 4.43. The lowest BCUT2D eigenvalue weighted by atomic mass is 10.3. The smallest absolute Gasteiger partial charge is 0.268 e. The number of hydrogen-bond acceptors (Lipinski definition) is 3. The molecule has 7 heteroatoms. The summed E-state index contributed by atoms with van der Waals surface area (Å²) in [6.07, 6.45) is 1.60. The molecule has 0 radical (unpaired) electrons. The first-order chi connectivity index (χ1) is 8.52. The molecule has 18 heavy (non-hydrogen) atoms. The van der Waals surface area contributed by atoms with Crippen molar-refractivity contribution in [1.82, 2.24) is 19.6 Å². The normalized spacial score (nSPS) is 10.9. The molecule has 0 unspecified atom stereocenters. The lowest BCUT2D eigenvalue weighted by molar-refractivity contribution is 0.556. The molecule has 5 nitrogen and oxygen atoms in total. The zero-order valence-electron chi connectivity index (χ0n) is 10.0. The van der Waals surface area contributed by atoms with Gasteiger partial charge in [-0.3, -0.25) is 9.48 Å². The van der Waals surface area contributed by atoms with Crippen LogP contribution in [0.4, 0.5) is 0 Å². The molecule has 2 aromatic heterocycles. The van der Waals surface area contributed by atoms with Crippen LogP contribution in [-0.2, 0) is 13.1 Å². The molecule has 0 bridgehead atoms. The van der Waals surface area contributed by atoms with Gasteiger partial charge in [0.2, 0.25) is 0 Å². The molecule has 0 amide bonds. The van der Waals surface area contributed by atoms with E-state index in [4.69, 9.17) is 0 Å². The number of aryl methyl sites for hydroxylation is 2. The van der Waals surface area contributed by atoms with E-state index in [-0.39, 0.29) is 5.56 Å². The first-order valence-electron chi connectivity index (χ1n) is 5.47. The van der Waals surface area contributed by atoms with Gasteiger partial charge in [0, 0.05) is 6.54 Å². The second-order valence-corrected chi connectivity index (χ2v) is 5.51. The van der Waals surface area contributed by atoms with E-state index >= 15 is 0 Å². The maximum Gasteiger partial charge on any atom is 0.282 e. The van der Waals surface area contributed by atoms with Crippen molar-refractivity contribution in [2.75, 3.05) is 0 Å². The predicted octanol–water partition coefficient (Wildman–Crippen LogP) is 2.34. The minimum absolute atomic E-state index is 0.161. The molecule has 2 aromatic rings. The van der Waals surface area contributed by atoms with E-state index in [2.05, 4.69) is 42.1 Å². The van der Waals surface area contributed by atoms with Crippen molar-refractivity contribution in [1.29, 1.82) is 0 Å². The average Bonchev–Trinajstić information content (AvgIpc) is 2.70. The zero-order chi connectivity index (χ0) is 13.3. The summed E-state index contributed by atoms with van der Waals surface area (Å²) in [6.45, 7) is 5.14. The van der Waals surface area contributed by atoms with Crippen molar-refractivity contribution in [2.24, 2.45) is 0 Å². The van der Waals surface area contributed by atoms with Gasteiger partial charge in [0.05, 0.1) is 28.6 Å². The molecule has 0 fully saturated rings. The van der Waals surface area contributed by atoms with Crippen molar-refractivity contribution in [3.8, 4) is 0 Å². The van der Waals surface area contributed by atoms with Gasteiger partial charge in [-0.25, -0.2) is 4.68 Å². The first kappa shape index (κ1) is 13.5. The molecule has 0 saturated carbocycles. The molecule has 0 aliphatic rings. The Balaban J connectivity index is 2.40. The Morgan fingerprint density at radius 1 is 1.33 bits per heavy atom. The fourth-order valence-electron chi connectivity index (χ4n) is 1.71. The van der Waals surface area contributed by atoms with Gasteiger partial charge in [0.25, 0.3) is 5.56 Å². The van der Waals surface area contributed by atoms with E-state index in [1.165, 1.54) is 4.68 Å². The van der Waals surface area contributed by atoms with Gasteiger partial charge in [-0.2, -0.15) is 10.2 Å². The number of rotatable bonds is 3. The third kappa shape index (κ3) is 2.56. The maximum atomic E-state index is 12.0. The van der Waals surface area contributed by atoms with Crippen LogP contribution in [-0.4, -0.2) is 19.6 Å². The number of nitrogens with zero attached hydrogens (tertiary/aromatic N) is 4. The van der Waals surface area contributed by atoms with E-state index in [1.807, 2.05) is 24.6 Å². The van der Waals surface area contributed by atoms with Crippen LogP contribution < -0.4 is 5.56 Å². The van der Waals surface area contributed by atoms with Crippen molar-refractivity contribution in [3.05, 3.63) is 43.0 Å². The Bertz CT molecular complexity index is 632. The third-order valence-corrected chi connectivity index (χ3v) is 4.44. The maximum absolute atomic E-state index is 12.0. The minimum Gasteiger partial charge on any atom is -0.268 e. The standard InChI is InChI=1S/C11H12Br2N4O/c1-3-16-8(4-7(2)15-16)6-17-11(18)10(13)9(12)5-14-17/h4-5H,3,6H2,1-2H3. The average molecular weight is 376 g/mol. The number of aromatic nitrogens is 4.